The molecule has 3 atom stereocenters. The van der Waals surface area contributed by atoms with E-state index < -0.39 is 12.5 Å². The van der Waals surface area contributed by atoms with Gasteiger partial charge in [-0.3, -0.25) is 4.79 Å². The molecule has 8 heteroatoms. The van der Waals surface area contributed by atoms with Crippen LogP contribution in [0.25, 0.3) is 16.6 Å². The molecule has 0 aliphatic heterocycles. The zero-order valence-electron chi connectivity index (χ0n) is 24.8. The third kappa shape index (κ3) is 7.06. The summed E-state index contributed by atoms with van der Waals surface area (Å²) in [7, 11) is 1.47. The summed E-state index contributed by atoms with van der Waals surface area (Å²) < 4.78 is 40.9. The van der Waals surface area contributed by atoms with Gasteiger partial charge in [-0.25, -0.2) is 8.91 Å². The van der Waals surface area contributed by atoms with Crippen molar-refractivity contribution >= 4 is 11.3 Å². The highest BCUT2D eigenvalue weighted by Crippen LogP contribution is 2.40. The Labute approximate surface area is 241 Å². The van der Waals surface area contributed by atoms with Crippen LogP contribution in [0.3, 0.4) is 0 Å². The van der Waals surface area contributed by atoms with Gasteiger partial charge in [0.15, 0.2) is 5.78 Å². The second-order valence-corrected chi connectivity index (χ2v) is 11.4. The van der Waals surface area contributed by atoms with Crippen molar-refractivity contribution in [2.24, 2.45) is 5.92 Å². The fourth-order valence-electron chi connectivity index (χ4n) is 5.39. The van der Waals surface area contributed by atoms with Crippen molar-refractivity contribution in [3.8, 4) is 22.6 Å². The average molecular weight is 566 g/mol. The lowest BCUT2D eigenvalue weighted by molar-refractivity contribution is 0.0940. The third-order valence-corrected chi connectivity index (χ3v) is 7.99. The summed E-state index contributed by atoms with van der Waals surface area (Å²) in [4.78, 5) is 15.7. The van der Waals surface area contributed by atoms with Crippen LogP contribution in [-0.4, -0.2) is 59.6 Å². The molecule has 6 nitrogen and oxygen atoms in total. The Kier molecular flexibility index (Phi) is 9.67. The maximum absolute atomic E-state index is 14.6. The van der Waals surface area contributed by atoms with Crippen LogP contribution in [0.2, 0.25) is 0 Å². The Morgan fingerprint density at radius 3 is 2.63 bits per heavy atom. The number of fused-ring (bicyclic) bond motifs is 1. The number of Topliss-reactive ketones (excluding diaryl/α,β-unsaturated/α-hetero) is 1. The third-order valence-electron chi connectivity index (χ3n) is 7.99. The number of hydrogen-bond donors (Lipinski definition) is 0. The molecule has 220 valence electrons. The SMILES string of the molecule is C=C=CC(F)Oc1cc(-c2cnn3cc(C(C)(C)CN(CC)CC)ccc23)cc(OC)c1C(=O)CCC[C@@H]1C[C@@H]1F. The largest absolute Gasteiger partial charge is 0.496 e. The highest BCUT2D eigenvalue weighted by molar-refractivity contribution is 6.02. The highest BCUT2D eigenvalue weighted by atomic mass is 19.1. The molecular formula is C33H41F2N3O3. The summed E-state index contributed by atoms with van der Waals surface area (Å²) >= 11 is 0. The Morgan fingerprint density at radius 1 is 1.29 bits per heavy atom. The van der Waals surface area contributed by atoms with Crippen LogP contribution in [-0.2, 0) is 5.41 Å². The minimum Gasteiger partial charge on any atom is -0.496 e. The van der Waals surface area contributed by atoms with Crippen molar-refractivity contribution in [2.75, 3.05) is 26.7 Å². The number of halogens is 2. The van der Waals surface area contributed by atoms with Gasteiger partial charge in [0.2, 0.25) is 0 Å². The number of carbonyl (C=O) groups excluding carboxylic acids is 1. The van der Waals surface area contributed by atoms with Gasteiger partial charge < -0.3 is 14.4 Å². The van der Waals surface area contributed by atoms with Crippen molar-refractivity contribution in [2.45, 2.75) is 71.3 Å². The van der Waals surface area contributed by atoms with Gasteiger partial charge in [-0.15, -0.1) is 5.73 Å². The summed E-state index contributed by atoms with van der Waals surface area (Å²) in [5.41, 5.74) is 5.94. The number of aromatic nitrogens is 2. The van der Waals surface area contributed by atoms with Gasteiger partial charge in [0.1, 0.15) is 23.2 Å². The number of nitrogens with zero attached hydrogens (tertiary/aromatic N) is 3. The normalized spacial score (nSPS) is 17.4. The molecule has 0 N–H and O–H groups in total. The number of rotatable bonds is 15. The molecule has 41 heavy (non-hydrogen) atoms. The van der Waals surface area contributed by atoms with Crippen molar-refractivity contribution in [1.29, 1.82) is 0 Å². The van der Waals surface area contributed by atoms with Gasteiger partial charge in [-0.2, -0.15) is 9.49 Å². The predicted molar refractivity (Wildman–Crippen MR) is 158 cm³/mol. The number of carbonyl (C=O) groups is 1. The smallest absolute Gasteiger partial charge is 0.264 e. The van der Waals surface area contributed by atoms with E-state index in [0.29, 0.717) is 24.8 Å². The molecule has 0 bridgehead atoms. The summed E-state index contributed by atoms with van der Waals surface area (Å²) in [6, 6.07) is 7.55. The van der Waals surface area contributed by atoms with Crippen LogP contribution < -0.4 is 9.47 Å². The molecule has 3 aromatic rings. The van der Waals surface area contributed by atoms with Gasteiger partial charge in [0.05, 0.1) is 18.8 Å². The Hall–Kier alpha value is -3.48. The molecule has 4 rings (SSSR count). The maximum Gasteiger partial charge on any atom is 0.264 e. The van der Waals surface area contributed by atoms with E-state index in [9.17, 15) is 13.6 Å². The molecule has 1 fully saturated rings. The van der Waals surface area contributed by atoms with Crippen LogP contribution in [0, 0.1) is 5.92 Å². The molecule has 1 aliphatic rings. The average Bonchev–Trinajstić information content (AvgIpc) is 3.48. The van der Waals surface area contributed by atoms with Gasteiger partial charge in [0, 0.05) is 36.2 Å². The molecule has 0 saturated heterocycles. The van der Waals surface area contributed by atoms with E-state index in [4.69, 9.17) is 9.47 Å². The van der Waals surface area contributed by atoms with Gasteiger partial charge in [-0.05, 0) is 67.6 Å². The summed E-state index contributed by atoms with van der Waals surface area (Å²) in [6.45, 7) is 15.1. The number of alkyl halides is 2. The highest BCUT2D eigenvalue weighted by Gasteiger charge is 2.36. The van der Waals surface area contributed by atoms with Crippen molar-refractivity contribution in [3.05, 3.63) is 66.2 Å². The lowest BCUT2D eigenvalue weighted by atomic mass is 9.85. The topological polar surface area (TPSA) is 56.1 Å². The monoisotopic (exact) mass is 565 g/mol. The first kappa shape index (κ1) is 30.5. The summed E-state index contributed by atoms with van der Waals surface area (Å²) in [6.07, 6.45) is 4.16. The van der Waals surface area contributed by atoms with E-state index in [-0.39, 0.29) is 40.6 Å². The van der Waals surface area contributed by atoms with Crippen LogP contribution in [0.4, 0.5) is 8.78 Å². The number of methoxy groups -OCH3 is 1. The molecule has 2 heterocycles. The fourth-order valence-corrected chi connectivity index (χ4v) is 5.39. The van der Waals surface area contributed by atoms with Gasteiger partial charge >= 0.3 is 0 Å². The van der Waals surface area contributed by atoms with E-state index >= 15 is 0 Å². The van der Waals surface area contributed by atoms with Gasteiger partial charge in [0.25, 0.3) is 6.36 Å². The predicted octanol–water partition coefficient (Wildman–Crippen LogP) is 7.36. The quantitative estimate of drug-likeness (QED) is 0.142. The Bertz CT molecular complexity index is 1420. The molecule has 2 aromatic heterocycles. The van der Waals surface area contributed by atoms with Crippen LogP contribution >= 0.6 is 0 Å². The molecule has 1 aromatic carbocycles. The van der Waals surface area contributed by atoms with Crippen LogP contribution in [0.1, 0.15) is 69.3 Å². The van der Waals surface area contributed by atoms with Crippen LogP contribution in [0.5, 0.6) is 11.5 Å². The van der Waals surface area contributed by atoms with E-state index in [1.165, 1.54) is 7.11 Å². The first-order valence-electron chi connectivity index (χ1n) is 14.4. The first-order chi connectivity index (χ1) is 19.6. The van der Waals surface area contributed by atoms with Gasteiger partial charge in [-0.1, -0.05) is 40.3 Å². The van der Waals surface area contributed by atoms with E-state index in [1.807, 2.05) is 16.8 Å². The second kappa shape index (κ2) is 13.0. The summed E-state index contributed by atoms with van der Waals surface area (Å²) in [5, 5.41) is 4.62. The molecule has 1 aliphatic carbocycles. The lowest BCUT2D eigenvalue weighted by Crippen LogP contribution is -2.37. The number of ether oxygens (including phenoxy) is 2. The fraction of sp³-hybridized carbons (Fsp3) is 0.485. The van der Waals surface area contributed by atoms with E-state index in [1.54, 1.807) is 18.3 Å². The molecule has 0 radical (unpaired) electrons. The summed E-state index contributed by atoms with van der Waals surface area (Å²) in [5.74, 6) is 0.140. The zero-order valence-corrected chi connectivity index (χ0v) is 24.8. The Balaban J connectivity index is 1.69. The number of benzene rings is 1. The first-order valence-corrected chi connectivity index (χ1v) is 14.4. The maximum atomic E-state index is 14.6. The van der Waals surface area contributed by atoms with Crippen molar-refractivity contribution in [3.63, 3.8) is 0 Å². The van der Waals surface area contributed by atoms with Crippen molar-refractivity contribution < 1.29 is 23.0 Å². The minimum atomic E-state index is -1.85. The lowest BCUT2D eigenvalue weighted by Gasteiger charge is -2.31. The van der Waals surface area contributed by atoms with Crippen LogP contribution in [0.15, 0.2) is 55.0 Å². The molecular weight excluding hydrogens is 524 g/mol. The standard InChI is InChI=1S/C33H41F2N3O3/c1-7-11-31(35)41-30-18-23(17-29(40-6)32(30)28(39)13-10-12-22-16-26(22)34)25-19-36-38-20-24(14-15-27(25)38)33(4,5)21-37(8-2)9-3/h11,14-15,17-20,22,26,31H,1,8-10,12-13,16,21H2,2-6H3/t22-,26+,31?/m1/s1. The molecule has 0 amide bonds. The number of hydrogen-bond acceptors (Lipinski definition) is 5. The van der Waals surface area contributed by atoms with E-state index in [0.717, 1.165) is 42.4 Å². The minimum absolute atomic E-state index is 0.0367. The molecule has 1 unspecified atom stereocenters. The zero-order chi connectivity index (χ0) is 29.7. The number of ketones is 1. The molecule has 1 saturated carbocycles. The van der Waals surface area contributed by atoms with Crippen molar-refractivity contribution in [1.82, 2.24) is 14.5 Å². The van der Waals surface area contributed by atoms with E-state index in [2.05, 4.69) is 56.1 Å². The molecule has 0 spiro atoms. The number of pyridine rings is 1. The second-order valence-electron chi connectivity index (χ2n) is 11.4. The Morgan fingerprint density at radius 2 is 2.00 bits per heavy atom. The number of likely N-dealkylation sites (N-methyl/N-ethyl adjacent to an activating group) is 1.